The van der Waals surface area contributed by atoms with Gasteiger partial charge in [-0.3, -0.25) is 0 Å². The first kappa shape index (κ1) is 14.3. The third-order valence-corrected chi connectivity index (χ3v) is 2.84. The standard InChI is InChI=1S/C15H20N4O/c1-3-20-10-13-6-4-12(5-7-13)9-17-14-8-11(2)18-15(16)19-14/h4-8H,3,9-10H2,1-2H3,(H3,16,17,18,19). The normalized spacial score (nSPS) is 10.5. The maximum atomic E-state index is 5.62. The van der Waals surface area contributed by atoms with Crippen LogP contribution in [-0.2, 0) is 17.9 Å². The maximum Gasteiger partial charge on any atom is 0.222 e. The smallest absolute Gasteiger partial charge is 0.222 e. The predicted molar refractivity (Wildman–Crippen MR) is 80.3 cm³/mol. The molecular formula is C15H20N4O. The Bertz CT molecular complexity index is 534. The lowest BCUT2D eigenvalue weighted by Gasteiger charge is -2.08. The molecule has 0 aliphatic carbocycles. The molecule has 0 amide bonds. The molecule has 0 aliphatic heterocycles. The van der Waals surface area contributed by atoms with Crippen LogP contribution in [0.15, 0.2) is 30.3 Å². The van der Waals surface area contributed by atoms with Crippen molar-refractivity contribution in [2.24, 2.45) is 0 Å². The topological polar surface area (TPSA) is 73.1 Å². The van der Waals surface area contributed by atoms with E-state index < -0.39 is 0 Å². The molecule has 0 unspecified atom stereocenters. The summed E-state index contributed by atoms with van der Waals surface area (Å²) in [5.41, 5.74) is 8.83. The van der Waals surface area contributed by atoms with Gasteiger partial charge in [0.1, 0.15) is 5.82 Å². The van der Waals surface area contributed by atoms with Crippen LogP contribution >= 0.6 is 0 Å². The third kappa shape index (κ3) is 4.20. The first-order valence-corrected chi connectivity index (χ1v) is 6.68. The average Bonchev–Trinajstić information content (AvgIpc) is 2.43. The van der Waals surface area contributed by atoms with Gasteiger partial charge in [0.15, 0.2) is 0 Å². The molecule has 3 N–H and O–H groups in total. The monoisotopic (exact) mass is 272 g/mol. The predicted octanol–water partition coefficient (Wildman–Crippen LogP) is 2.52. The molecule has 20 heavy (non-hydrogen) atoms. The van der Waals surface area contributed by atoms with E-state index in [9.17, 15) is 0 Å². The van der Waals surface area contributed by atoms with Crippen LogP contribution in [0.5, 0.6) is 0 Å². The molecule has 2 aromatic rings. The fourth-order valence-corrected chi connectivity index (χ4v) is 1.85. The molecule has 0 atom stereocenters. The van der Waals surface area contributed by atoms with Gasteiger partial charge >= 0.3 is 0 Å². The van der Waals surface area contributed by atoms with Gasteiger partial charge < -0.3 is 15.8 Å². The number of nitrogens with one attached hydrogen (secondary N) is 1. The number of hydrogen-bond donors (Lipinski definition) is 2. The number of aromatic nitrogens is 2. The first-order valence-electron chi connectivity index (χ1n) is 6.68. The van der Waals surface area contributed by atoms with Crippen molar-refractivity contribution in [2.75, 3.05) is 17.7 Å². The molecule has 0 saturated heterocycles. The van der Waals surface area contributed by atoms with Crippen molar-refractivity contribution in [3.8, 4) is 0 Å². The van der Waals surface area contributed by atoms with Crippen molar-refractivity contribution >= 4 is 11.8 Å². The van der Waals surface area contributed by atoms with Crippen molar-refractivity contribution in [2.45, 2.75) is 27.0 Å². The van der Waals surface area contributed by atoms with Gasteiger partial charge in [0.05, 0.1) is 6.61 Å². The van der Waals surface area contributed by atoms with Crippen LogP contribution < -0.4 is 11.1 Å². The zero-order chi connectivity index (χ0) is 14.4. The van der Waals surface area contributed by atoms with Crippen molar-refractivity contribution < 1.29 is 4.74 Å². The lowest BCUT2D eigenvalue weighted by Crippen LogP contribution is -2.05. The lowest BCUT2D eigenvalue weighted by atomic mass is 10.1. The maximum absolute atomic E-state index is 5.62. The van der Waals surface area contributed by atoms with Crippen LogP contribution in [0.25, 0.3) is 0 Å². The molecule has 1 heterocycles. The molecule has 106 valence electrons. The minimum atomic E-state index is 0.291. The fourth-order valence-electron chi connectivity index (χ4n) is 1.85. The summed E-state index contributed by atoms with van der Waals surface area (Å²) < 4.78 is 5.37. The Hall–Kier alpha value is -2.14. The number of benzene rings is 1. The van der Waals surface area contributed by atoms with Crippen LogP contribution in [0, 0.1) is 6.92 Å². The molecule has 0 radical (unpaired) electrons. The van der Waals surface area contributed by atoms with E-state index in [4.69, 9.17) is 10.5 Å². The Morgan fingerprint density at radius 3 is 2.50 bits per heavy atom. The number of nitrogen functional groups attached to an aromatic ring is 1. The summed E-state index contributed by atoms with van der Waals surface area (Å²) in [4.78, 5) is 8.18. The average molecular weight is 272 g/mol. The number of anilines is 2. The van der Waals surface area contributed by atoms with E-state index in [2.05, 4.69) is 39.6 Å². The summed E-state index contributed by atoms with van der Waals surface area (Å²) in [7, 11) is 0. The zero-order valence-corrected chi connectivity index (χ0v) is 11.9. The molecule has 5 heteroatoms. The number of hydrogen-bond acceptors (Lipinski definition) is 5. The SMILES string of the molecule is CCOCc1ccc(CNc2cc(C)nc(N)n2)cc1. The number of rotatable bonds is 6. The Balaban J connectivity index is 1.93. The molecule has 0 bridgehead atoms. The second kappa shape index (κ2) is 6.86. The van der Waals surface area contributed by atoms with Gasteiger partial charge in [-0.2, -0.15) is 4.98 Å². The van der Waals surface area contributed by atoms with Gasteiger partial charge in [-0.25, -0.2) is 4.98 Å². The number of ether oxygens (including phenoxy) is 1. The quantitative estimate of drug-likeness (QED) is 0.845. The molecule has 0 saturated carbocycles. The molecule has 0 aliphatic rings. The highest BCUT2D eigenvalue weighted by molar-refractivity contribution is 5.41. The first-order chi connectivity index (χ1) is 9.67. The van der Waals surface area contributed by atoms with Crippen LogP contribution in [0.3, 0.4) is 0 Å². The van der Waals surface area contributed by atoms with Gasteiger partial charge in [0.25, 0.3) is 0 Å². The van der Waals surface area contributed by atoms with Crippen molar-refractivity contribution in [1.29, 1.82) is 0 Å². The summed E-state index contributed by atoms with van der Waals surface area (Å²) in [6.07, 6.45) is 0. The summed E-state index contributed by atoms with van der Waals surface area (Å²) in [5.74, 6) is 1.04. The van der Waals surface area contributed by atoms with Crippen molar-refractivity contribution in [3.63, 3.8) is 0 Å². The summed E-state index contributed by atoms with van der Waals surface area (Å²) in [6, 6.07) is 10.2. The number of nitrogens with zero attached hydrogens (tertiary/aromatic N) is 2. The third-order valence-electron chi connectivity index (χ3n) is 2.84. The highest BCUT2D eigenvalue weighted by atomic mass is 16.5. The Morgan fingerprint density at radius 2 is 1.85 bits per heavy atom. The zero-order valence-electron chi connectivity index (χ0n) is 11.9. The van der Waals surface area contributed by atoms with Crippen LogP contribution in [0.2, 0.25) is 0 Å². The minimum Gasteiger partial charge on any atom is -0.377 e. The highest BCUT2D eigenvalue weighted by Gasteiger charge is 2.00. The van der Waals surface area contributed by atoms with Gasteiger partial charge in [0.2, 0.25) is 5.95 Å². The van der Waals surface area contributed by atoms with E-state index in [1.165, 1.54) is 11.1 Å². The van der Waals surface area contributed by atoms with Crippen molar-refractivity contribution in [3.05, 3.63) is 47.2 Å². The molecule has 2 rings (SSSR count). The molecule has 1 aromatic heterocycles. The Labute approximate surface area is 119 Å². The van der Waals surface area contributed by atoms with Crippen LogP contribution in [-0.4, -0.2) is 16.6 Å². The Morgan fingerprint density at radius 1 is 1.15 bits per heavy atom. The van der Waals surface area contributed by atoms with Gasteiger partial charge in [-0.05, 0) is 25.0 Å². The van der Waals surface area contributed by atoms with Crippen LogP contribution in [0.1, 0.15) is 23.7 Å². The van der Waals surface area contributed by atoms with E-state index in [1.807, 2.05) is 19.9 Å². The van der Waals surface area contributed by atoms with Gasteiger partial charge in [0, 0.05) is 24.9 Å². The number of aryl methyl sites for hydroxylation is 1. The molecule has 1 aromatic carbocycles. The molecule has 0 spiro atoms. The van der Waals surface area contributed by atoms with E-state index in [-0.39, 0.29) is 0 Å². The van der Waals surface area contributed by atoms with E-state index >= 15 is 0 Å². The fraction of sp³-hybridized carbons (Fsp3) is 0.333. The van der Waals surface area contributed by atoms with Gasteiger partial charge in [-0.15, -0.1) is 0 Å². The molecule has 5 nitrogen and oxygen atoms in total. The van der Waals surface area contributed by atoms with Crippen LogP contribution in [0.4, 0.5) is 11.8 Å². The van der Waals surface area contributed by atoms with Crippen molar-refractivity contribution in [1.82, 2.24) is 9.97 Å². The summed E-state index contributed by atoms with van der Waals surface area (Å²) in [5, 5.41) is 3.24. The number of nitrogens with two attached hydrogens (primary N) is 1. The van der Waals surface area contributed by atoms with E-state index in [0.29, 0.717) is 19.1 Å². The largest absolute Gasteiger partial charge is 0.377 e. The minimum absolute atomic E-state index is 0.291. The summed E-state index contributed by atoms with van der Waals surface area (Å²) in [6.45, 7) is 5.98. The Kier molecular flexibility index (Phi) is 4.90. The lowest BCUT2D eigenvalue weighted by molar-refractivity contribution is 0.134. The second-order valence-electron chi connectivity index (χ2n) is 4.56. The van der Waals surface area contributed by atoms with Gasteiger partial charge in [-0.1, -0.05) is 24.3 Å². The highest BCUT2D eigenvalue weighted by Crippen LogP contribution is 2.11. The molecule has 0 fully saturated rings. The van der Waals surface area contributed by atoms with E-state index in [1.54, 1.807) is 0 Å². The summed E-state index contributed by atoms with van der Waals surface area (Å²) >= 11 is 0. The molecular weight excluding hydrogens is 252 g/mol. The van der Waals surface area contributed by atoms with E-state index in [0.717, 1.165) is 18.1 Å². The second-order valence-corrected chi connectivity index (χ2v) is 4.56.